The molecule has 106 valence electrons. The lowest BCUT2D eigenvalue weighted by Gasteiger charge is -2.26. The van der Waals surface area contributed by atoms with Gasteiger partial charge in [0.05, 0.1) is 22.5 Å². The summed E-state index contributed by atoms with van der Waals surface area (Å²) in [6.45, 7) is 2.37. The zero-order chi connectivity index (χ0) is 14.3. The van der Waals surface area contributed by atoms with Gasteiger partial charge in [-0.15, -0.1) is 11.6 Å². The quantitative estimate of drug-likeness (QED) is 0.866. The summed E-state index contributed by atoms with van der Waals surface area (Å²) in [5, 5.41) is 2.57. The molecule has 1 amide bonds. The molecule has 1 fully saturated rings. The van der Waals surface area contributed by atoms with Crippen LogP contribution in [0.5, 0.6) is 0 Å². The molecule has 1 saturated heterocycles. The van der Waals surface area contributed by atoms with E-state index >= 15 is 0 Å². The Labute approximate surface area is 120 Å². The van der Waals surface area contributed by atoms with Crippen molar-refractivity contribution in [2.24, 2.45) is 0 Å². The monoisotopic (exact) mass is 295 g/mol. The highest BCUT2D eigenvalue weighted by molar-refractivity contribution is 6.20. The number of rotatable bonds is 2. The molecule has 0 radical (unpaired) electrons. The van der Waals surface area contributed by atoms with Gasteiger partial charge in [-0.05, 0) is 31.5 Å². The summed E-state index contributed by atoms with van der Waals surface area (Å²) in [5.74, 6) is 0.470. The molecule has 1 aromatic carbocycles. The van der Waals surface area contributed by atoms with Gasteiger partial charge in [-0.25, -0.2) is 9.37 Å². The van der Waals surface area contributed by atoms with Crippen LogP contribution in [0.1, 0.15) is 37.0 Å². The Hall–Kier alpha value is -1.62. The Morgan fingerprint density at radius 3 is 3.00 bits per heavy atom. The number of aromatic nitrogens is 2. The van der Waals surface area contributed by atoms with Crippen LogP contribution < -0.4 is 5.32 Å². The number of hydrogen-bond donors (Lipinski definition) is 1. The van der Waals surface area contributed by atoms with E-state index in [0.717, 1.165) is 11.0 Å². The molecule has 0 saturated carbocycles. The molecule has 3 rings (SSSR count). The van der Waals surface area contributed by atoms with E-state index < -0.39 is 0 Å². The van der Waals surface area contributed by atoms with Crippen molar-refractivity contribution in [2.45, 2.75) is 31.2 Å². The number of amides is 1. The summed E-state index contributed by atoms with van der Waals surface area (Å²) < 4.78 is 15.5. The fourth-order valence-electron chi connectivity index (χ4n) is 2.69. The first-order chi connectivity index (χ1) is 9.56. The number of nitrogens with one attached hydrogen (secondary N) is 1. The predicted octanol–water partition coefficient (Wildman–Crippen LogP) is 2.93. The Kier molecular flexibility index (Phi) is 3.38. The maximum atomic E-state index is 13.5. The van der Waals surface area contributed by atoms with Crippen molar-refractivity contribution in [3.63, 3.8) is 0 Å². The number of halogens is 2. The zero-order valence-electron chi connectivity index (χ0n) is 11.1. The van der Waals surface area contributed by atoms with Crippen molar-refractivity contribution in [1.29, 1.82) is 0 Å². The summed E-state index contributed by atoms with van der Waals surface area (Å²) in [6.07, 6.45) is 1.18. The number of hydrogen-bond acceptors (Lipinski definition) is 2. The number of nitrogens with zero attached hydrogens (tertiary/aromatic N) is 2. The normalized spacial score (nSPS) is 20.9. The first kappa shape index (κ1) is 13.4. The molecular weight excluding hydrogens is 281 g/mol. The van der Waals surface area contributed by atoms with Crippen molar-refractivity contribution in [3.8, 4) is 0 Å². The van der Waals surface area contributed by atoms with Gasteiger partial charge < -0.3 is 9.88 Å². The van der Waals surface area contributed by atoms with Crippen LogP contribution in [0.25, 0.3) is 11.0 Å². The standard InChI is InChI=1S/C14H15ClFN3O/c1-8(15)14-18-11-4-2-9(16)6-12(11)19(14)10-3-5-13(20)17-7-10/h2,4,6,8,10H,3,5,7H2,1H3,(H,17,20). The van der Waals surface area contributed by atoms with Crippen LogP contribution in [0.4, 0.5) is 4.39 Å². The zero-order valence-corrected chi connectivity index (χ0v) is 11.8. The van der Waals surface area contributed by atoms with E-state index in [4.69, 9.17) is 11.6 Å². The average Bonchev–Trinajstić information content (AvgIpc) is 2.78. The first-order valence-electron chi connectivity index (χ1n) is 6.64. The lowest BCUT2D eigenvalue weighted by atomic mass is 10.1. The highest BCUT2D eigenvalue weighted by Gasteiger charge is 2.25. The smallest absolute Gasteiger partial charge is 0.220 e. The maximum absolute atomic E-state index is 13.5. The second-order valence-corrected chi connectivity index (χ2v) is 5.74. The number of carbonyl (C=O) groups excluding carboxylic acids is 1. The molecular formula is C14H15ClFN3O. The van der Waals surface area contributed by atoms with Gasteiger partial charge >= 0.3 is 0 Å². The fourth-order valence-corrected chi connectivity index (χ4v) is 2.84. The van der Waals surface area contributed by atoms with E-state index in [1.807, 2.05) is 11.5 Å². The Morgan fingerprint density at radius 1 is 1.55 bits per heavy atom. The van der Waals surface area contributed by atoms with Crippen LogP contribution in [0, 0.1) is 5.82 Å². The molecule has 2 unspecified atom stereocenters. The topological polar surface area (TPSA) is 46.9 Å². The summed E-state index contributed by atoms with van der Waals surface area (Å²) >= 11 is 6.20. The van der Waals surface area contributed by atoms with Gasteiger partial charge in [0.2, 0.25) is 5.91 Å². The number of imidazole rings is 1. The Balaban J connectivity index is 2.13. The fraction of sp³-hybridized carbons (Fsp3) is 0.429. The lowest BCUT2D eigenvalue weighted by molar-refractivity contribution is -0.122. The SMILES string of the molecule is CC(Cl)c1nc2ccc(F)cc2n1C1CCC(=O)NC1. The number of piperidine rings is 1. The van der Waals surface area contributed by atoms with Gasteiger partial charge in [0, 0.05) is 13.0 Å². The maximum Gasteiger partial charge on any atom is 0.220 e. The minimum absolute atomic E-state index is 0.0531. The number of alkyl halides is 1. The number of benzene rings is 1. The molecule has 4 nitrogen and oxygen atoms in total. The molecule has 20 heavy (non-hydrogen) atoms. The molecule has 0 spiro atoms. The van der Waals surface area contributed by atoms with Gasteiger partial charge in [0.15, 0.2) is 0 Å². The largest absolute Gasteiger partial charge is 0.354 e. The van der Waals surface area contributed by atoms with Gasteiger partial charge in [-0.2, -0.15) is 0 Å². The van der Waals surface area contributed by atoms with Crippen molar-refractivity contribution in [1.82, 2.24) is 14.9 Å². The van der Waals surface area contributed by atoms with Gasteiger partial charge in [-0.3, -0.25) is 4.79 Å². The molecule has 0 bridgehead atoms. The van der Waals surface area contributed by atoms with Crippen LogP contribution in [0.2, 0.25) is 0 Å². The Bertz CT molecular complexity index is 658. The molecule has 0 aliphatic carbocycles. The average molecular weight is 296 g/mol. The third-order valence-electron chi connectivity index (χ3n) is 3.64. The molecule has 6 heteroatoms. The molecule has 2 atom stereocenters. The third kappa shape index (κ3) is 2.26. The lowest BCUT2D eigenvalue weighted by Crippen LogP contribution is -2.36. The number of carbonyl (C=O) groups is 1. The summed E-state index contributed by atoms with van der Waals surface area (Å²) in [6, 6.07) is 4.59. The molecule has 1 aromatic heterocycles. The van der Waals surface area contributed by atoms with E-state index in [1.165, 1.54) is 12.1 Å². The second-order valence-electron chi connectivity index (χ2n) is 5.09. The van der Waals surface area contributed by atoms with Crippen LogP contribution >= 0.6 is 11.6 Å². The van der Waals surface area contributed by atoms with Gasteiger partial charge in [-0.1, -0.05) is 0 Å². The van der Waals surface area contributed by atoms with Gasteiger partial charge in [0.25, 0.3) is 0 Å². The van der Waals surface area contributed by atoms with Crippen LogP contribution in [-0.2, 0) is 4.79 Å². The molecule has 2 aromatic rings. The van der Waals surface area contributed by atoms with Crippen molar-refractivity contribution in [2.75, 3.05) is 6.54 Å². The van der Waals surface area contributed by atoms with Crippen LogP contribution in [0.15, 0.2) is 18.2 Å². The van der Waals surface area contributed by atoms with Crippen LogP contribution in [0.3, 0.4) is 0 Å². The first-order valence-corrected chi connectivity index (χ1v) is 7.08. The second kappa shape index (κ2) is 5.05. The summed E-state index contributed by atoms with van der Waals surface area (Å²) in [7, 11) is 0. The van der Waals surface area contributed by atoms with Gasteiger partial charge in [0.1, 0.15) is 11.6 Å². The molecule has 1 N–H and O–H groups in total. The molecule has 1 aliphatic rings. The van der Waals surface area contributed by atoms with Crippen molar-refractivity contribution < 1.29 is 9.18 Å². The van der Waals surface area contributed by atoms with E-state index in [-0.39, 0.29) is 23.1 Å². The summed E-state index contributed by atoms with van der Waals surface area (Å²) in [4.78, 5) is 15.8. The predicted molar refractivity (Wildman–Crippen MR) is 75.2 cm³/mol. The highest BCUT2D eigenvalue weighted by Crippen LogP contribution is 2.31. The minimum atomic E-state index is -0.299. The van der Waals surface area contributed by atoms with E-state index in [0.29, 0.717) is 25.2 Å². The van der Waals surface area contributed by atoms with E-state index in [1.54, 1.807) is 6.07 Å². The highest BCUT2D eigenvalue weighted by atomic mass is 35.5. The third-order valence-corrected chi connectivity index (χ3v) is 3.83. The molecule has 1 aliphatic heterocycles. The summed E-state index contributed by atoms with van der Waals surface area (Å²) in [5.41, 5.74) is 1.46. The minimum Gasteiger partial charge on any atom is -0.354 e. The van der Waals surface area contributed by atoms with Crippen molar-refractivity contribution >= 4 is 28.5 Å². The van der Waals surface area contributed by atoms with E-state index in [2.05, 4.69) is 10.3 Å². The number of fused-ring (bicyclic) bond motifs is 1. The molecule has 2 heterocycles. The van der Waals surface area contributed by atoms with Crippen molar-refractivity contribution in [3.05, 3.63) is 29.8 Å². The van der Waals surface area contributed by atoms with E-state index in [9.17, 15) is 9.18 Å². The van der Waals surface area contributed by atoms with Crippen LogP contribution in [-0.4, -0.2) is 22.0 Å². The Morgan fingerprint density at radius 2 is 2.35 bits per heavy atom.